The first kappa shape index (κ1) is 30.1. The lowest BCUT2D eigenvalue weighted by Crippen LogP contribution is -2.45. The van der Waals surface area contributed by atoms with Crippen LogP contribution in [-0.4, -0.2) is 65.8 Å². The van der Waals surface area contributed by atoms with Gasteiger partial charge in [0.25, 0.3) is 0 Å². The van der Waals surface area contributed by atoms with Gasteiger partial charge in [-0.1, -0.05) is 36.4 Å². The van der Waals surface area contributed by atoms with Crippen LogP contribution in [0.3, 0.4) is 0 Å². The minimum absolute atomic E-state index is 0.00721. The van der Waals surface area contributed by atoms with Crippen molar-refractivity contribution in [2.24, 2.45) is 5.73 Å². The summed E-state index contributed by atoms with van der Waals surface area (Å²) >= 11 is 0. The Hall–Kier alpha value is -4.41. The van der Waals surface area contributed by atoms with Crippen LogP contribution in [0.2, 0.25) is 0 Å². The number of amides is 3. The predicted molar refractivity (Wildman–Crippen MR) is 167 cm³/mol. The van der Waals surface area contributed by atoms with Gasteiger partial charge in [0.1, 0.15) is 17.3 Å². The van der Waals surface area contributed by atoms with E-state index in [1.165, 1.54) is 0 Å². The molecule has 0 bridgehead atoms. The third-order valence-electron chi connectivity index (χ3n) is 7.59. The first-order valence-corrected chi connectivity index (χ1v) is 14.9. The largest absolute Gasteiger partial charge is 0.457 e. The second-order valence-electron chi connectivity index (χ2n) is 10.9. The highest BCUT2D eigenvalue weighted by atomic mass is 16.5. The fourth-order valence-corrected chi connectivity index (χ4v) is 5.51. The van der Waals surface area contributed by atoms with Crippen LogP contribution >= 0.6 is 0 Å². The number of aryl methyl sites for hydroxylation is 1. The number of carbonyl (C=O) groups excluding carboxylic acids is 2. The summed E-state index contributed by atoms with van der Waals surface area (Å²) in [5.74, 6) is 2.48. The standard InChI is InChI=1S/C33H40N6O4/c1-42-19-9-18-39-30-16-6-5-15-29(30)37-32(39)24-10-8-17-38(23-24)31(40)20-25(34)22-35-33(41)36-26-11-7-14-28(21-26)43-27-12-3-2-4-13-27/h2-7,11-16,21,24-25H,8-10,17-20,22-23,34H2,1H3,(H2,35,36,41). The van der Waals surface area contributed by atoms with Gasteiger partial charge < -0.3 is 35.3 Å². The minimum atomic E-state index is -0.509. The lowest BCUT2D eigenvalue weighted by molar-refractivity contribution is -0.132. The summed E-state index contributed by atoms with van der Waals surface area (Å²) in [5, 5.41) is 5.58. The molecule has 0 radical (unpaired) electrons. The Morgan fingerprint density at radius 3 is 2.67 bits per heavy atom. The highest BCUT2D eigenvalue weighted by Crippen LogP contribution is 2.30. The van der Waals surface area contributed by atoms with Gasteiger partial charge in [0.05, 0.1) is 11.0 Å². The van der Waals surface area contributed by atoms with E-state index in [1.807, 2.05) is 59.5 Å². The van der Waals surface area contributed by atoms with Gasteiger partial charge in [-0.2, -0.15) is 0 Å². The summed E-state index contributed by atoms with van der Waals surface area (Å²) < 4.78 is 13.4. The molecule has 1 fully saturated rings. The number of nitrogens with one attached hydrogen (secondary N) is 2. The Morgan fingerprint density at radius 2 is 1.84 bits per heavy atom. The molecule has 1 aliphatic heterocycles. The van der Waals surface area contributed by atoms with Crippen molar-refractivity contribution in [1.82, 2.24) is 19.8 Å². The molecule has 2 unspecified atom stereocenters. The predicted octanol–water partition coefficient (Wildman–Crippen LogP) is 5.11. The number of carbonyl (C=O) groups is 2. The van der Waals surface area contributed by atoms with Crippen molar-refractivity contribution in [3.05, 3.63) is 84.7 Å². The summed E-state index contributed by atoms with van der Waals surface area (Å²) in [6, 6.07) is 23.8. The molecule has 4 aromatic rings. The van der Waals surface area contributed by atoms with Crippen molar-refractivity contribution >= 4 is 28.7 Å². The number of nitrogens with two attached hydrogens (primary N) is 1. The molecule has 0 saturated carbocycles. The number of aromatic nitrogens is 2. The maximum absolute atomic E-state index is 13.2. The third kappa shape index (κ3) is 8.12. The Labute approximate surface area is 252 Å². The average molecular weight is 585 g/mol. The van der Waals surface area contributed by atoms with Gasteiger partial charge in [0.2, 0.25) is 5.91 Å². The molecule has 0 aliphatic carbocycles. The van der Waals surface area contributed by atoms with Crippen molar-refractivity contribution in [2.45, 2.75) is 44.2 Å². The van der Waals surface area contributed by atoms with E-state index in [4.69, 9.17) is 20.2 Å². The summed E-state index contributed by atoms with van der Waals surface area (Å²) in [6.07, 6.45) is 2.92. The Morgan fingerprint density at radius 1 is 1.05 bits per heavy atom. The molecule has 2 atom stereocenters. The van der Waals surface area contributed by atoms with E-state index in [2.05, 4.69) is 21.3 Å². The summed E-state index contributed by atoms with van der Waals surface area (Å²) in [7, 11) is 1.71. The molecule has 1 aromatic heterocycles. The Balaban J connectivity index is 1.12. The molecule has 226 valence electrons. The number of benzene rings is 3. The van der Waals surface area contributed by atoms with E-state index in [1.54, 1.807) is 25.3 Å². The monoisotopic (exact) mass is 584 g/mol. The highest BCUT2D eigenvalue weighted by molar-refractivity contribution is 5.89. The van der Waals surface area contributed by atoms with Gasteiger partial charge in [-0.05, 0) is 55.7 Å². The molecule has 3 amide bonds. The van der Waals surface area contributed by atoms with Crippen molar-refractivity contribution in [3.8, 4) is 11.5 Å². The van der Waals surface area contributed by atoms with Gasteiger partial charge in [-0.25, -0.2) is 9.78 Å². The van der Waals surface area contributed by atoms with E-state index in [0.717, 1.165) is 42.7 Å². The number of hydrogen-bond acceptors (Lipinski definition) is 6. The SMILES string of the molecule is COCCCn1c(C2CCCN(C(=O)CC(N)CNC(=O)Nc3cccc(Oc4ccccc4)c3)C2)nc2ccccc21. The molecule has 4 N–H and O–H groups in total. The van der Waals surface area contributed by atoms with Crippen molar-refractivity contribution in [3.63, 3.8) is 0 Å². The van der Waals surface area contributed by atoms with E-state index >= 15 is 0 Å². The molecule has 1 saturated heterocycles. The van der Waals surface area contributed by atoms with Crippen molar-refractivity contribution < 1.29 is 19.1 Å². The molecule has 43 heavy (non-hydrogen) atoms. The number of ether oxygens (including phenoxy) is 2. The molecule has 0 spiro atoms. The number of fused-ring (bicyclic) bond motifs is 1. The molecule has 2 heterocycles. The molecular weight excluding hydrogens is 544 g/mol. The first-order valence-electron chi connectivity index (χ1n) is 14.9. The topological polar surface area (TPSA) is 124 Å². The summed E-state index contributed by atoms with van der Waals surface area (Å²) in [5.41, 5.74) is 8.95. The minimum Gasteiger partial charge on any atom is -0.457 e. The quantitative estimate of drug-likeness (QED) is 0.199. The van der Waals surface area contributed by atoms with Crippen LogP contribution in [-0.2, 0) is 16.1 Å². The summed E-state index contributed by atoms with van der Waals surface area (Å²) in [6.45, 7) is 2.97. The number of anilines is 1. The van der Waals surface area contributed by atoms with Crippen LogP contribution in [0.1, 0.15) is 37.4 Å². The number of rotatable bonds is 12. The van der Waals surface area contributed by atoms with Gasteiger partial charge in [-0.15, -0.1) is 0 Å². The van der Waals surface area contributed by atoms with E-state index in [0.29, 0.717) is 36.9 Å². The Bertz CT molecular complexity index is 1510. The average Bonchev–Trinajstić information content (AvgIpc) is 3.39. The number of piperidine rings is 1. The van der Waals surface area contributed by atoms with Crippen LogP contribution in [0, 0.1) is 0 Å². The lowest BCUT2D eigenvalue weighted by atomic mass is 9.96. The number of methoxy groups -OCH3 is 1. The van der Waals surface area contributed by atoms with Crippen LogP contribution in [0.25, 0.3) is 11.0 Å². The van der Waals surface area contributed by atoms with E-state index in [9.17, 15) is 9.59 Å². The molecule has 5 rings (SSSR count). The molecule has 1 aliphatic rings. The lowest BCUT2D eigenvalue weighted by Gasteiger charge is -2.33. The molecule has 10 heteroatoms. The number of para-hydroxylation sites is 3. The van der Waals surface area contributed by atoms with E-state index in [-0.39, 0.29) is 24.8 Å². The number of nitrogens with zero attached hydrogens (tertiary/aromatic N) is 3. The molecule has 3 aromatic carbocycles. The smallest absolute Gasteiger partial charge is 0.319 e. The normalized spacial score (nSPS) is 15.7. The van der Waals surface area contributed by atoms with E-state index < -0.39 is 12.1 Å². The van der Waals surface area contributed by atoms with Crippen molar-refractivity contribution in [1.29, 1.82) is 0 Å². The maximum Gasteiger partial charge on any atom is 0.319 e. The number of hydrogen-bond donors (Lipinski definition) is 3. The Kier molecular flexibility index (Phi) is 10.2. The van der Waals surface area contributed by atoms with Gasteiger partial charge in [-0.3, -0.25) is 4.79 Å². The van der Waals surface area contributed by atoms with Crippen LogP contribution < -0.4 is 21.1 Å². The van der Waals surface area contributed by atoms with Gasteiger partial charge >= 0.3 is 6.03 Å². The van der Waals surface area contributed by atoms with Gasteiger partial charge in [0, 0.05) is 70.0 Å². The van der Waals surface area contributed by atoms with Gasteiger partial charge in [0.15, 0.2) is 0 Å². The summed E-state index contributed by atoms with van der Waals surface area (Å²) in [4.78, 5) is 32.6. The highest BCUT2D eigenvalue weighted by Gasteiger charge is 2.29. The number of urea groups is 1. The third-order valence-corrected chi connectivity index (χ3v) is 7.59. The van der Waals surface area contributed by atoms with Crippen LogP contribution in [0.4, 0.5) is 10.5 Å². The van der Waals surface area contributed by atoms with Crippen LogP contribution in [0.15, 0.2) is 78.9 Å². The zero-order chi connectivity index (χ0) is 30.0. The number of likely N-dealkylation sites (tertiary alicyclic amines) is 1. The fourth-order valence-electron chi connectivity index (χ4n) is 5.51. The maximum atomic E-state index is 13.2. The van der Waals surface area contributed by atoms with Crippen LogP contribution in [0.5, 0.6) is 11.5 Å². The van der Waals surface area contributed by atoms with Crippen molar-refractivity contribution in [2.75, 3.05) is 38.7 Å². The first-order chi connectivity index (χ1) is 21.0. The molecular formula is C33H40N6O4. The number of imidazole rings is 1. The zero-order valence-corrected chi connectivity index (χ0v) is 24.6. The second kappa shape index (κ2) is 14.7. The second-order valence-corrected chi connectivity index (χ2v) is 10.9. The molecule has 10 nitrogen and oxygen atoms in total. The fraction of sp³-hybridized carbons (Fsp3) is 0.364. The zero-order valence-electron chi connectivity index (χ0n) is 24.6.